The lowest BCUT2D eigenvalue weighted by Crippen LogP contribution is -2.03. The number of hydrogen-bond acceptors (Lipinski definition) is 5. The second kappa shape index (κ2) is 7.84. The molecule has 4 rings (SSSR count). The molecule has 5 nitrogen and oxygen atoms in total. The van der Waals surface area contributed by atoms with Crippen molar-refractivity contribution in [2.75, 3.05) is 0 Å². The minimum absolute atomic E-state index is 0.105. The molecular weight excluding hydrogens is 386 g/mol. The van der Waals surface area contributed by atoms with Gasteiger partial charge in [0.25, 0.3) is 0 Å². The quantitative estimate of drug-likeness (QED) is 0.444. The van der Waals surface area contributed by atoms with Crippen LogP contribution in [0.15, 0.2) is 48.5 Å². The van der Waals surface area contributed by atoms with Crippen LogP contribution >= 0.6 is 0 Å². The molecule has 5 heteroatoms. The average molecular weight is 412 g/mol. The van der Waals surface area contributed by atoms with E-state index in [4.69, 9.17) is 9.97 Å². The topological polar surface area (TPSA) is 79.1 Å². The molecule has 31 heavy (non-hydrogen) atoms. The summed E-state index contributed by atoms with van der Waals surface area (Å²) in [6.45, 7) is 9.95. The van der Waals surface area contributed by atoms with Crippen LogP contribution in [0, 0.1) is 34.6 Å². The Morgan fingerprint density at radius 2 is 0.935 bits per heavy atom. The maximum absolute atomic E-state index is 10.6. The number of rotatable bonds is 3. The van der Waals surface area contributed by atoms with Gasteiger partial charge in [-0.2, -0.15) is 0 Å². The Hall–Kier alpha value is -3.73. The van der Waals surface area contributed by atoms with E-state index in [0.717, 1.165) is 27.8 Å². The first-order valence-electron chi connectivity index (χ1n) is 10.2. The van der Waals surface area contributed by atoms with Crippen molar-refractivity contribution in [3.63, 3.8) is 0 Å². The van der Waals surface area contributed by atoms with Gasteiger partial charge in [0, 0.05) is 5.56 Å². The van der Waals surface area contributed by atoms with E-state index >= 15 is 0 Å². The minimum Gasteiger partial charge on any atom is -0.507 e. The van der Waals surface area contributed by atoms with E-state index in [1.54, 1.807) is 24.3 Å². The van der Waals surface area contributed by atoms with Crippen LogP contribution < -0.4 is 0 Å². The zero-order valence-electron chi connectivity index (χ0n) is 18.4. The molecule has 0 aliphatic rings. The summed E-state index contributed by atoms with van der Waals surface area (Å²) in [6.07, 6.45) is 0. The fourth-order valence-corrected chi connectivity index (χ4v) is 3.92. The number of aromatic nitrogens is 3. The summed E-state index contributed by atoms with van der Waals surface area (Å²) in [5, 5.41) is 21.1. The fourth-order valence-electron chi connectivity index (χ4n) is 3.92. The second-order valence-corrected chi connectivity index (χ2v) is 8.12. The molecular formula is C26H25N3O2. The molecule has 0 fully saturated rings. The van der Waals surface area contributed by atoms with E-state index < -0.39 is 0 Å². The Labute approximate surface area is 182 Å². The summed E-state index contributed by atoms with van der Waals surface area (Å²) in [7, 11) is 0. The third kappa shape index (κ3) is 3.99. The predicted octanol–water partition coefficient (Wildman–Crippen LogP) is 5.83. The smallest absolute Gasteiger partial charge is 0.167 e. The summed E-state index contributed by atoms with van der Waals surface area (Å²) >= 11 is 0. The largest absolute Gasteiger partial charge is 0.507 e. The van der Waals surface area contributed by atoms with Gasteiger partial charge in [0.15, 0.2) is 17.5 Å². The van der Waals surface area contributed by atoms with Crippen LogP contribution in [0.25, 0.3) is 34.2 Å². The third-order valence-electron chi connectivity index (χ3n) is 5.32. The van der Waals surface area contributed by atoms with Gasteiger partial charge in [-0.25, -0.2) is 15.0 Å². The lowest BCUT2D eigenvalue weighted by Gasteiger charge is -2.14. The van der Waals surface area contributed by atoms with Crippen molar-refractivity contribution in [2.45, 2.75) is 34.6 Å². The lowest BCUT2D eigenvalue weighted by atomic mass is 9.99. The molecule has 1 heterocycles. The van der Waals surface area contributed by atoms with Crippen LogP contribution in [0.4, 0.5) is 0 Å². The molecule has 0 saturated heterocycles. The molecule has 0 radical (unpaired) electrons. The number of nitrogens with zero attached hydrogens (tertiary/aromatic N) is 3. The van der Waals surface area contributed by atoms with Gasteiger partial charge < -0.3 is 10.2 Å². The van der Waals surface area contributed by atoms with Crippen LogP contribution in [0.3, 0.4) is 0 Å². The molecule has 4 aromatic rings. The first kappa shape index (κ1) is 20.5. The second-order valence-electron chi connectivity index (χ2n) is 8.12. The van der Waals surface area contributed by atoms with Gasteiger partial charge in [-0.1, -0.05) is 29.8 Å². The highest BCUT2D eigenvalue weighted by atomic mass is 16.3. The molecule has 0 aliphatic carbocycles. The van der Waals surface area contributed by atoms with Gasteiger partial charge in [0.05, 0.1) is 11.1 Å². The minimum atomic E-state index is 0.105. The van der Waals surface area contributed by atoms with Gasteiger partial charge >= 0.3 is 0 Å². The van der Waals surface area contributed by atoms with Crippen molar-refractivity contribution in [3.8, 4) is 45.7 Å². The van der Waals surface area contributed by atoms with Crippen molar-refractivity contribution >= 4 is 0 Å². The number of aromatic hydroxyl groups is 2. The Morgan fingerprint density at radius 1 is 0.516 bits per heavy atom. The summed E-state index contributed by atoms with van der Waals surface area (Å²) < 4.78 is 0. The van der Waals surface area contributed by atoms with Gasteiger partial charge in [0.1, 0.15) is 11.5 Å². The molecule has 2 N–H and O–H groups in total. The highest BCUT2D eigenvalue weighted by Crippen LogP contribution is 2.34. The molecule has 0 atom stereocenters. The van der Waals surface area contributed by atoms with Crippen molar-refractivity contribution in [1.29, 1.82) is 0 Å². The van der Waals surface area contributed by atoms with Crippen LogP contribution in [0.5, 0.6) is 11.5 Å². The van der Waals surface area contributed by atoms with Gasteiger partial charge in [-0.15, -0.1) is 0 Å². The van der Waals surface area contributed by atoms with E-state index in [1.807, 2.05) is 39.8 Å². The van der Waals surface area contributed by atoms with Gasteiger partial charge in [-0.05, 0) is 81.1 Å². The fraction of sp³-hybridized carbons (Fsp3) is 0.192. The lowest BCUT2D eigenvalue weighted by molar-refractivity contribution is 0.476. The SMILES string of the molecule is Cc1cc(C)c(-c2nc(-c3ccc(C)cc3O)nc(-c3ccc(C)cc3O)n2)c(C)c1. The van der Waals surface area contributed by atoms with Crippen LogP contribution in [-0.2, 0) is 0 Å². The van der Waals surface area contributed by atoms with Crippen LogP contribution in [0.1, 0.15) is 27.8 Å². The Kier molecular flexibility index (Phi) is 5.19. The Morgan fingerprint density at radius 3 is 1.35 bits per heavy atom. The van der Waals surface area contributed by atoms with Crippen molar-refractivity contribution in [2.24, 2.45) is 0 Å². The van der Waals surface area contributed by atoms with E-state index in [2.05, 4.69) is 24.0 Å². The Balaban J connectivity index is 2.02. The molecule has 1 aromatic heterocycles. The monoisotopic (exact) mass is 411 g/mol. The maximum atomic E-state index is 10.6. The molecule has 0 bridgehead atoms. The standard InChI is InChI=1S/C26H25N3O2/c1-14-6-8-19(21(30)12-14)24-27-25(20-9-7-15(2)13-22(20)31)29-26(28-24)23-17(4)10-16(3)11-18(23)5/h6-13,30-31H,1-5H3. The van der Waals surface area contributed by atoms with Crippen molar-refractivity contribution < 1.29 is 10.2 Å². The third-order valence-corrected chi connectivity index (χ3v) is 5.32. The number of phenolic OH excluding ortho intramolecular Hbond substituents is 2. The van der Waals surface area contributed by atoms with E-state index in [1.165, 1.54) is 5.56 Å². The number of phenols is 2. The van der Waals surface area contributed by atoms with E-state index in [-0.39, 0.29) is 11.5 Å². The zero-order chi connectivity index (χ0) is 22.3. The first-order valence-corrected chi connectivity index (χ1v) is 10.2. The normalized spacial score (nSPS) is 11.0. The first-order chi connectivity index (χ1) is 14.7. The van der Waals surface area contributed by atoms with E-state index in [0.29, 0.717) is 28.6 Å². The van der Waals surface area contributed by atoms with Gasteiger partial charge in [0.2, 0.25) is 0 Å². The maximum Gasteiger partial charge on any atom is 0.167 e. The molecule has 0 spiro atoms. The predicted molar refractivity (Wildman–Crippen MR) is 123 cm³/mol. The van der Waals surface area contributed by atoms with Crippen molar-refractivity contribution in [1.82, 2.24) is 15.0 Å². The summed E-state index contributed by atoms with van der Waals surface area (Å²) in [5.74, 6) is 1.44. The molecule has 0 saturated carbocycles. The van der Waals surface area contributed by atoms with Crippen molar-refractivity contribution in [3.05, 3.63) is 76.3 Å². The number of hydrogen-bond donors (Lipinski definition) is 2. The summed E-state index contributed by atoms with van der Waals surface area (Å²) in [6, 6.07) is 15.0. The highest BCUT2D eigenvalue weighted by Gasteiger charge is 2.18. The molecule has 3 aromatic carbocycles. The molecule has 156 valence electrons. The number of benzene rings is 3. The van der Waals surface area contributed by atoms with Gasteiger partial charge in [-0.3, -0.25) is 0 Å². The number of aryl methyl sites for hydroxylation is 5. The highest BCUT2D eigenvalue weighted by molar-refractivity contribution is 5.74. The van der Waals surface area contributed by atoms with Crippen LogP contribution in [0.2, 0.25) is 0 Å². The average Bonchev–Trinajstić information content (AvgIpc) is 2.67. The summed E-state index contributed by atoms with van der Waals surface area (Å²) in [4.78, 5) is 14.1. The van der Waals surface area contributed by atoms with Crippen LogP contribution in [-0.4, -0.2) is 25.2 Å². The molecule has 0 amide bonds. The molecule has 0 aliphatic heterocycles. The summed E-state index contributed by atoms with van der Waals surface area (Å²) in [5.41, 5.74) is 7.13. The molecule has 0 unspecified atom stereocenters. The Bertz CT molecular complexity index is 1220. The zero-order valence-corrected chi connectivity index (χ0v) is 18.4. The van der Waals surface area contributed by atoms with E-state index in [9.17, 15) is 10.2 Å².